The third-order valence-electron chi connectivity index (χ3n) is 7.28. The molecule has 0 unspecified atom stereocenters. The van der Waals surface area contributed by atoms with E-state index in [2.05, 4.69) is 5.32 Å². The first kappa shape index (κ1) is 23.7. The summed E-state index contributed by atoms with van der Waals surface area (Å²) in [5.41, 5.74) is 1.18. The highest BCUT2D eigenvalue weighted by Gasteiger charge is 2.59. The van der Waals surface area contributed by atoms with E-state index in [9.17, 15) is 19.2 Å². The van der Waals surface area contributed by atoms with Crippen molar-refractivity contribution in [1.82, 2.24) is 0 Å². The number of rotatable bonds is 7. The van der Waals surface area contributed by atoms with Crippen molar-refractivity contribution in [3.8, 4) is 11.5 Å². The molecule has 0 radical (unpaired) electrons. The number of imide groups is 1. The van der Waals surface area contributed by atoms with Crippen LogP contribution in [0.3, 0.4) is 0 Å². The fraction of sp³-hybridized carbons (Fsp3) is 0.200. The van der Waals surface area contributed by atoms with Gasteiger partial charge in [0.1, 0.15) is 11.5 Å². The number of carbonyl (C=O) groups is 4. The van der Waals surface area contributed by atoms with E-state index in [-0.39, 0.29) is 41.0 Å². The molecule has 8 heteroatoms. The van der Waals surface area contributed by atoms with Gasteiger partial charge >= 0.3 is 5.97 Å². The van der Waals surface area contributed by atoms with E-state index in [1.54, 1.807) is 36.4 Å². The van der Waals surface area contributed by atoms with Crippen LogP contribution in [0.15, 0.2) is 91.0 Å². The number of esters is 1. The topological polar surface area (TPSA) is 102 Å². The van der Waals surface area contributed by atoms with Crippen molar-refractivity contribution in [2.45, 2.75) is 6.42 Å². The minimum Gasteiger partial charge on any atom is -0.457 e. The highest BCUT2D eigenvalue weighted by atomic mass is 16.5. The molecule has 2 fully saturated rings. The molecular weight excluding hydrogens is 484 g/mol. The molecule has 38 heavy (non-hydrogen) atoms. The van der Waals surface area contributed by atoms with Gasteiger partial charge in [-0.2, -0.15) is 0 Å². The van der Waals surface area contributed by atoms with Crippen LogP contribution in [0.2, 0.25) is 0 Å². The maximum absolute atomic E-state index is 13.0. The molecular formula is C30H24N2O6. The predicted molar refractivity (Wildman–Crippen MR) is 139 cm³/mol. The number of nitrogens with zero attached hydrogens (tertiary/aromatic N) is 1. The van der Waals surface area contributed by atoms with Crippen LogP contribution in [0.4, 0.5) is 11.4 Å². The molecule has 1 N–H and O–H groups in total. The first-order valence-electron chi connectivity index (χ1n) is 12.4. The fourth-order valence-electron chi connectivity index (χ4n) is 5.55. The first-order valence-corrected chi connectivity index (χ1v) is 12.4. The van der Waals surface area contributed by atoms with Crippen molar-refractivity contribution in [2.75, 3.05) is 16.8 Å². The Morgan fingerprint density at radius 1 is 0.789 bits per heavy atom. The van der Waals surface area contributed by atoms with Crippen molar-refractivity contribution in [2.24, 2.45) is 23.7 Å². The lowest BCUT2D eigenvalue weighted by Crippen LogP contribution is -2.32. The molecule has 2 bridgehead atoms. The van der Waals surface area contributed by atoms with E-state index in [4.69, 9.17) is 9.47 Å². The quantitative estimate of drug-likeness (QED) is 0.285. The summed E-state index contributed by atoms with van der Waals surface area (Å²) in [5.74, 6) is -0.511. The summed E-state index contributed by atoms with van der Waals surface area (Å²) in [6, 6.07) is 22.2. The monoisotopic (exact) mass is 508 g/mol. The van der Waals surface area contributed by atoms with Crippen LogP contribution in [0, 0.1) is 23.7 Å². The van der Waals surface area contributed by atoms with E-state index in [1.807, 2.05) is 42.5 Å². The van der Waals surface area contributed by atoms with Gasteiger partial charge in [0.15, 0.2) is 6.61 Å². The fourth-order valence-corrected chi connectivity index (χ4v) is 5.55. The van der Waals surface area contributed by atoms with E-state index < -0.39 is 18.5 Å². The van der Waals surface area contributed by atoms with Crippen LogP contribution in [-0.4, -0.2) is 30.3 Å². The van der Waals surface area contributed by atoms with Gasteiger partial charge in [-0.05, 0) is 78.9 Å². The van der Waals surface area contributed by atoms with E-state index in [0.717, 1.165) is 6.42 Å². The molecule has 1 heterocycles. The summed E-state index contributed by atoms with van der Waals surface area (Å²) in [5, 5.41) is 2.67. The van der Waals surface area contributed by atoms with Crippen molar-refractivity contribution in [3.63, 3.8) is 0 Å². The Morgan fingerprint density at radius 2 is 1.39 bits per heavy atom. The average Bonchev–Trinajstić information content (AvgIpc) is 3.63. The lowest BCUT2D eigenvalue weighted by atomic mass is 9.85. The molecule has 8 nitrogen and oxygen atoms in total. The van der Waals surface area contributed by atoms with Crippen molar-refractivity contribution in [1.29, 1.82) is 0 Å². The van der Waals surface area contributed by atoms with Crippen LogP contribution >= 0.6 is 0 Å². The van der Waals surface area contributed by atoms with Gasteiger partial charge in [-0.25, -0.2) is 4.79 Å². The molecule has 4 atom stereocenters. The van der Waals surface area contributed by atoms with Crippen LogP contribution in [-0.2, 0) is 19.1 Å². The highest BCUT2D eigenvalue weighted by molar-refractivity contribution is 6.22. The Hall–Kier alpha value is -4.72. The van der Waals surface area contributed by atoms with Crippen LogP contribution in [0.1, 0.15) is 16.8 Å². The Morgan fingerprint density at radius 3 is 2.03 bits per heavy atom. The molecule has 0 spiro atoms. The number of para-hydroxylation sites is 1. The zero-order chi connectivity index (χ0) is 26.2. The van der Waals surface area contributed by atoms with Gasteiger partial charge in [0.05, 0.1) is 23.1 Å². The number of amides is 3. The van der Waals surface area contributed by atoms with Gasteiger partial charge in [-0.15, -0.1) is 0 Å². The zero-order valence-corrected chi connectivity index (χ0v) is 20.3. The molecule has 3 aromatic rings. The summed E-state index contributed by atoms with van der Waals surface area (Å²) in [7, 11) is 0. The van der Waals surface area contributed by atoms with Gasteiger partial charge in [0.25, 0.3) is 5.91 Å². The Bertz CT molecular complexity index is 1400. The first-order chi connectivity index (χ1) is 18.5. The Balaban J connectivity index is 1.01. The molecule has 6 rings (SSSR count). The summed E-state index contributed by atoms with van der Waals surface area (Å²) >= 11 is 0. The van der Waals surface area contributed by atoms with Gasteiger partial charge in [-0.1, -0.05) is 30.4 Å². The van der Waals surface area contributed by atoms with Gasteiger partial charge in [0, 0.05) is 5.69 Å². The Labute approximate surface area is 218 Å². The number of hydrogen-bond acceptors (Lipinski definition) is 6. The summed E-state index contributed by atoms with van der Waals surface area (Å²) in [6.45, 7) is -0.467. The predicted octanol–water partition coefficient (Wildman–Crippen LogP) is 4.59. The summed E-state index contributed by atoms with van der Waals surface area (Å²) in [4.78, 5) is 51.9. The van der Waals surface area contributed by atoms with E-state index >= 15 is 0 Å². The maximum Gasteiger partial charge on any atom is 0.338 e. The molecule has 1 saturated carbocycles. The molecule has 190 valence electrons. The minimum absolute atomic E-state index is 0.132. The number of carbonyl (C=O) groups excluding carboxylic acids is 4. The molecule has 3 aromatic carbocycles. The molecule has 1 saturated heterocycles. The normalized spacial score (nSPS) is 22.9. The standard InChI is InChI=1S/C30H24N2O6/c33-25(31-21-10-14-24(15-11-21)38-23-4-2-1-3-5-23)17-37-30(36)18-8-12-22(13-9-18)32-28(34)26-19-6-7-20(16-19)27(26)29(32)35/h1-15,19-20,26-27H,16-17H2,(H,31,33)/t19-,20-,26+,27+/m0/s1. The lowest BCUT2D eigenvalue weighted by Gasteiger charge is -2.17. The van der Waals surface area contributed by atoms with E-state index in [0.29, 0.717) is 22.9 Å². The largest absolute Gasteiger partial charge is 0.457 e. The summed E-state index contributed by atoms with van der Waals surface area (Å²) in [6.07, 6.45) is 4.96. The van der Waals surface area contributed by atoms with Crippen molar-refractivity contribution in [3.05, 3.63) is 96.6 Å². The second-order valence-electron chi connectivity index (χ2n) is 9.62. The molecule has 1 aliphatic heterocycles. The van der Waals surface area contributed by atoms with Crippen molar-refractivity contribution >= 4 is 35.1 Å². The second kappa shape index (κ2) is 9.63. The van der Waals surface area contributed by atoms with Crippen LogP contribution < -0.4 is 15.0 Å². The molecule has 2 aliphatic carbocycles. The van der Waals surface area contributed by atoms with Gasteiger partial charge in [0.2, 0.25) is 11.8 Å². The number of fused-ring (bicyclic) bond motifs is 5. The third-order valence-corrected chi connectivity index (χ3v) is 7.28. The molecule has 0 aromatic heterocycles. The number of anilines is 2. The molecule has 3 amide bonds. The second-order valence-corrected chi connectivity index (χ2v) is 9.62. The lowest BCUT2D eigenvalue weighted by molar-refractivity contribution is -0.123. The SMILES string of the molecule is O=C(COC(=O)c1ccc(N2C(=O)[C@H]3[C@H](C2=O)[C@H]2C=C[C@H]3C2)cc1)Nc1ccc(Oc2ccccc2)cc1. The average molecular weight is 509 g/mol. The van der Waals surface area contributed by atoms with Crippen LogP contribution in [0.25, 0.3) is 0 Å². The Kier molecular flexibility index (Phi) is 5.99. The van der Waals surface area contributed by atoms with Crippen LogP contribution in [0.5, 0.6) is 11.5 Å². The number of allylic oxidation sites excluding steroid dienone is 2. The maximum atomic E-state index is 13.0. The number of hydrogen-bond donors (Lipinski definition) is 1. The minimum atomic E-state index is -0.684. The van der Waals surface area contributed by atoms with Gasteiger partial charge in [-0.3, -0.25) is 19.3 Å². The molecule has 3 aliphatic rings. The van der Waals surface area contributed by atoms with Crippen molar-refractivity contribution < 1.29 is 28.7 Å². The highest BCUT2D eigenvalue weighted by Crippen LogP contribution is 2.53. The summed E-state index contributed by atoms with van der Waals surface area (Å²) < 4.78 is 10.9. The third kappa shape index (κ3) is 4.34. The number of ether oxygens (including phenoxy) is 2. The van der Waals surface area contributed by atoms with E-state index in [1.165, 1.54) is 17.0 Å². The van der Waals surface area contributed by atoms with Gasteiger partial charge < -0.3 is 14.8 Å². The number of benzene rings is 3. The number of nitrogens with one attached hydrogen (secondary N) is 1. The zero-order valence-electron chi connectivity index (χ0n) is 20.3. The smallest absolute Gasteiger partial charge is 0.338 e.